The Morgan fingerprint density at radius 1 is 1.27 bits per heavy atom. The summed E-state index contributed by atoms with van der Waals surface area (Å²) in [7, 11) is 0. The Bertz CT molecular complexity index is 160. The minimum absolute atomic E-state index is 0.0121. The molecule has 0 aromatic rings. The van der Waals surface area contributed by atoms with Crippen LogP contribution in [0.1, 0.15) is 45.4 Å². The first kappa shape index (κ1) is 14.4. The summed E-state index contributed by atoms with van der Waals surface area (Å²) in [5.74, 6) is 0.0121. The number of aliphatic hydroxyl groups excluding tert-OH is 2. The number of hydrogen-bond acceptors (Lipinski definition) is 3. The van der Waals surface area contributed by atoms with Crippen molar-refractivity contribution in [2.24, 2.45) is 0 Å². The maximum absolute atomic E-state index is 11.2. The smallest absolute Gasteiger partial charge is 0.220 e. The first-order valence-electron chi connectivity index (χ1n) is 5.72. The Balaban J connectivity index is 3.17. The van der Waals surface area contributed by atoms with Gasteiger partial charge in [0, 0.05) is 19.6 Å². The molecule has 0 heterocycles. The number of aliphatic hydroxyl groups is 2. The SMILES string of the molecule is CC(O)CCC(=O)NCCCCCCO. The molecule has 0 fully saturated rings. The van der Waals surface area contributed by atoms with Gasteiger partial charge in [-0.25, -0.2) is 0 Å². The maximum atomic E-state index is 11.2. The van der Waals surface area contributed by atoms with Gasteiger partial charge < -0.3 is 15.5 Å². The molecular formula is C11H23NO3. The molecule has 0 saturated heterocycles. The van der Waals surface area contributed by atoms with Crippen LogP contribution in [0.5, 0.6) is 0 Å². The predicted octanol–water partition coefficient (Wildman–Crippen LogP) is 0.816. The van der Waals surface area contributed by atoms with Crippen LogP contribution in [0.4, 0.5) is 0 Å². The van der Waals surface area contributed by atoms with E-state index in [1.165, 1.54) is 0 Å². The first-order chi connectivity index (χ1) is 7.16. The molecule has 4 nitrogen and oxygen atoms in total. The molecule has 0 aliphatic heterocycles. The molecule has 0 bridgehead atoms. The Kier molecular flexibility index (Phi) is 9.52. The van der Waals surface area contributed by atoms with Gasteiger partial charge in [-0.15, -0.1) is 0 Å². The van der Waals surface area contributed by atoms with Gasteiger partial charge in [-0.05, 0) is 26.2 Å². The fourth-order valence-corrected chi connectivity index (χ4v) is 1.25. The third kappa shape index (κ3) is 11.3. The predicted molar refractivity (Wildman–Crippen MR) is 59.5 cm³/mol. The number of carbonyl (C=O) groups is 1. The third-order valence-corrected chi connectivity index (χ3v) is 2.20. The van der Waals surface area contributed by atoms with Crippen molar-refractivity contribution >= 4 is 5.91 Å². The second-order valence-electron chi connectivity index (χ2n) is 3.88. The molecule has 0 rings (SSSR count). The van der Waals surface area contributed by atoms with E-state index < -0.39 is 6.10 Å². The van der Waals surface area contributed by atoms with Crippen LogP contribution in [0.2, 0.25) is 0 Å². The molecule has 0 radical (unpaired) electrons. The lowest BCUT2D eigenvalue weighted by atomic mass is 10.2. The molecule has 0 aliphatic rings. The van der Waals surface area contributed by atoms with E-state index in [4.69, 9.17) is 10.2 Å². The van der Waals surface area contributed by atoms with E-state index >= 15 is 0 Å². The van der Waals surface area contributed by atoms with Crippen LogP contribution < -0.4 is 5.32 Å². The molecule has 1 atom stereocenters. The van der Waals surface area contributed by atoms with Crippen molar-refractivity contribution in [1.82, 2.24) is 5.32 Å². The van der Waals surface area contributed by atoms with E-state index in [1.807, 2.05) is 0 Å². The normalized spacial score (nSPS) is 12.5. The van der Waals surface area contributed by atoms with Gasteiger partial charge in [0.25, 0.3) is 0 Å². The average molecular weight is 217 g/mol. The molecule has 0 spiro atoms. The van der Waals surface area contributed by atoms with Crippen molar-refractivity contribution in [2.45, 2.75) is 51.6 Å². The van der Waals surface area contributed by atoms with Gasteiger partial charge in [0.15, 0.2) is 0 Å². The van der Waals surface area contributed by atoms with Gasteiger partial charge >= 0.3 is 0 Å². The highest BCUT2D eigenvalue weighted by Gasteiger charge is 2.02. The van der Waals surface area contributed by atoms with Crippen molar-refractivity contribution in [3.05, 3.63) is 0 Å². The van der Waals surface area contributed by atoms with Gasteiger partial charge in [-0.1, -0.05) is 12.8 Å². The van der Waals surface area contributed by atoms with Gasteiger partial charge in [0.1, 0.15) is 0 Å². The zero-order valence-corrected chi connectivity index (χ0v) is 9.54. The van der Waals surface area contributed by atoms with Crippen LogP contribution >= 0.6 is 0 Å². The van der Waals surface area contributed by atoms with Crippen molar-refractivity contribution in [1.29, 1.82) is 0 Å². The molecule has 0 aromatic heterocycles. The maximum Gasteiger partial charge on any atom is 0.220 e. The lowest BCUT2D eigenvalue weighted by molar-refractivity contribution is -0.121. The monoisotopic (exact) mass is 217 g/mol. The van der Waals surface area contributed by atoms with Gasteiger partial charge in [-0.2, -0.15) is 0 Å². The largest absolute Gasteiger partial charge is 0.396 e. The molecule has 0 aromatic carbocycles. The standard InChI is InChI=1S/C11H23NO3/c1-10(14)6-7-11(15)12-8-4-2-3-5-9-13/h10,13-14H,2-9H2,1H3,(H,12,15). The summed E-state index contributed by atoms with van der Waals surface area (Å²) in [6.07, 6.45) is 4.37. The third-order valence-electron chi connectivity index (χ3n) is 2.20. The Morgan fingerprint density at radius 3 is 2.53 bits per heavy atom. The molecule has 90 valence electrons. The molecule has 3 N–H and O–H groups in total. The molecule has 1 amide bonds. The average Bonchev–Trinajstić information content (AvgIpc) is 2.20. The lowest BCUT2D eigenvalue weighted by Gasteiger charge is -2.06. The topological polar surface area (TPSA) is 69.6 Å². The molecule has 4 heteroatoms. The van der Waals surface area contributed by atoms with Crippen molar-refractivity contribution in [3.8, 4) is 0 Å². The summed E-state index contributed by atoms with van der Waals surface area (Å²) in [5.41, 5.74) is 0. The molecule has 0 aliphatic carbocycles. The highest BCUT2D eigenvalue weighted by atomic mass is 16.3. The number of hydrogen-bond donors (Lipinski definition) is 3. The van der Waals surface area contributed by atoms with Crippen LogP contribution in [-0.2, 0) is 4.79 Å². The highest BCUT2D eigenvalue weighted by molar-refractivity contribution is 5.75. The first-order valence-corrected chi connectivity index (χ1v) is 5.72. The van der Waals surface area contributed by atoms with E-state index in [1.54, 1.807) is 6.92 Å². The molecule has 0 saturated carbocycles. The van der Waals surface area contributed by atoms with Crippen molar-refractivity contribution in [2.75, 3.05) is 13.2 Å². The minimum Gasteiger partial charge on any atom is -0.396 e. The Labute approximate surface area is 91.7 Å². The van der Waals surface area contributed by atoms with E-state index in [9.17, 15) is 4.79 Å². The van der Waals surface area contributed by atoms with Crippen LogP contribution in [0.15, 0.2) is 0 Å². The molecule has 15 heavy (non-hydrogen) atoms. The second-order valence-corrected chi connectivity index (χ2v) is 3.88. The number of unbranched alkanes of at least 4 members (excludes halogenated alkanes) is 3. The van der Waals surface area contributed by atoms with Crippen LogP contribution in [0.25, 0.3) is 0 Å². The summed E-state index contributed by atoms with van der Waals surface area (Å²) >= 11 is 0. The van der Waals surface area contributed by atoms with Gasteiger partial charge in [0.2, 0.25) is 5.91 Å². The summed E-state index contributed by atoms with van der Waals surface area (Å²) < 4.78 is 0. The highest BCUT2D eigenvalue weighted by Crippen LogP contribution is 1.98. The summed E-state index contributed by atoms with van der Waals surface area (Å²) in [4.78, 5) is 11.2. The molecular weight excluding hydrogens is 194 g/mol. The summed E-state index contributed by atoms with van der Waals surface area (Å²) in [6.45, 7) is 2.63. The van der Waals surface area contributed by atoms with Crippen LogP contribution in [-0.4, -0.2) is 35.4 Å². The summed E-state index contributed by atoms with van der Waals surface area (Å²) in [6, 6.07) is 0. The lowest BCUT2D eigenvalue weighted by Crippen LogP contribution is -2.25. The molecule has 1 unspecified atom stereocenters. The number of amides is 1. The Morgan fingerprint density at radius 2 is 1.93 bits per heavy atom. The zero-order valence-electron chi connectivity index (χ0n) is 9.54. The second kappa shape index (κ2) is 9.93. The number of nitrogens with one attached hydrogen (secondary N) is 1. The van der Waals surface area contributed by atoms with E-state index in [0.717, 1.165) is 25.7 Å². The van der Waals surface area contributed by atoms with E-state index in [-0.39, 0.29) is 12.5 Å². The number of carbonyl (C=O) groups excluding carboxylic acids is 1. The summed E-state index contributed by atoms with van der Waals surface area (Å²) in [5, 5.41) is 20.3. The number of rotatable bonds is 9. The van der Waals surface area contributed by atoms with Crippen LogP contribution in [0.3, 0.4) is 0 Å². The Hall–Kier alpha value is -0.610. The van der Waals surface area contributed by atoms with Gasteiger partial charge in [-0.3, -0.25) is 4.79 Å². The van der Waals surface area contributed by atoms with Crippen molar-refractivity contribution in [3.63, 3.8) is 0 Å². The minimum atomic E-state index is -0.402. The van der Waals surface area contributed by atoms with Crippen molar-refractivity contribution < 1.29 is 15.0 Å². The van der Waals surface area contributed by atoms with Crippen LogP contribution in [0, 0.1) is 0 Å². The zero-order chi connectivity index (χ0) is 11.5. The quantitative estimate of drug-likeness (QED) is 0.501. The van der Waals surface area contributed by atoms with E-state index in [2.05, 4.69) is 5.32 Å². The van der Waals surface area contributed by atoms with E-state index in [0.29, 0.717) is 19.4 Å². The fraction of sp³-hybridized carbons (Fsp3) is 0.909. The fourth-order valence-electron chi connectivity index (χ4n) is 1.25. The van der Waals surface area contributed by atoms with Gasteiger partial charge in [0.05, 0.1) is 6.10 Å².